The van der Waals surface area contributed by atoms with Gasteiger partial charge in [-0.25, -0.2) is 0 Å². The van der Waals surface area contributed by atoms with Gasteiger partial charge in [-0.1, -0.05) is 55.4 Å². The molecule has 1 atom stereocenters. The summed E-state index contributed by atoms with van der Waals surface area (Å²) in [5.74, 6) is -0.187. The number of carbonyl (C=O) groups is 1. The molecule has 0 radical (unpaired) electrons. The average Bonchev–Trinajstić information content (AvgIpc) is 2.67. The van der Waals surface area contributed by atoms with Gasteiger partial charge in [-0.15, -0.1) is 0 Å². The normalized spacial score (nSPS) is 14.3. The molecule has 6 nitrogen and oxygen atoms in total. The van der Waals surface area contributed by atoms with E-state index in [1.807, 2.05) is 6.92 Å². The standard InChI is InChI=1S/C21H47NO5Si2/c1-12-22(14-13-15-28(24-9,25-10)26-11)16-20(8)21(23)27-29(17(2)3,18(4)5)19(6)7/h17-20H,12-16H2,1-11H3. The lowest BCUT2D eigenvalue weighted by Crippen LogP contribution is -2.50. The summed E-state index contributed by atoms with van der Waals surface area (Å²) >= 11 is 0. The Morgan fingerprint density at radius 2 is 1.31 bits per heavy atom. The van der Waals surface area contributed by atoms with Gasteiger partial charge >= 0.3 is 8.80 Å². The van der Waals surface area contributed by atoms with Gasteiger partial charge in [-0.3, -0.25) is 4.79 Å². The molecule has 0 saturated heterocycles. The molecule has 0 aromatic carbocycles. The lowest BCUT2D eigenvalue weighted by atomic mass is 10.1. The number of nitrogens with zero attached hydrogens (tertiary/aromatic N) is 1. The third kappa shape index (κ3) is 7.74. The molecule has 0 aliphatic rings. The molecule has 1 unspecified atom stereocenters. The Morgan fingerprint density at radius 3 is 1.66 bits per heavy atom. The fourth-order valence-electron chi connectivity index (χ4n) is 4.54. The maximum Gasteiger partial charge on any atom is 0.500 e. The van der Waals surface area contributed by atoms with Gasteiger partial charge in [0.1, 0.15) is 0 Å². The summed E-state index contributed by atoms with van der Waals surface area (Å²) in [5.41, 5.74) is 1.20. The molecule has 0 heterocycles. The minimum atomic E-state index is -2.54. The topological polar surface area (TPSA) is 57.2 Å². The van der Waals surface area contributed by atoms with E-state index in [1.54, 1.807) is 21.3 Å². The van der Waals surface area contributed by atoms with Crippen LogP contribution in [0.4, 0.5) is 0 Å². The highest BCUT2D eigenvalue weighted by molar-refractivity contribution is 6.78. The molecule has 0 aromatic heterocycles. The van der Waals surface area contributed by atoms with Crippen LogP contribution in [-0.4, -0.2) is 69.0 Å². The fraction of sp³-hybridized carbons (Fsp3) is 0.952. The Bertz CT molecular complexity index is 440. The van der Waals surface area contributed by atoms with Crippen LogP contribution in [0.1, 0.15) is 61.8 Å². The van der Waals surface area contributed by atoms with Crippen molar-refractivity contribution in [3.63, 3.8) is 0 Å². The second-order valence-electron chi connectivity index (χ2n) is 8.93. The summed E-state index contributed by atoms with van der Waals surface area (Å²) in [4.78, 5) is 15.3. The predicted octanol–water partition coefficient (Wildman–Crippen LogP) is 4.93. The third-order valence-electron chi connectivity index (χ3n) is 6.26. The molecule has 8 heteroatoms. The first kappa shape index (κ1) is 28.7. The van der Waals surface area contributed by atoms with Gasteiger partial charge in [0.05, 0.1) is 5.92 Å². The number of carbonyl (C=O) groups excluding carboxylic acids is 1. The third-order valence-corrected chi connectivity index (χ3v) is 15.1. The van der Waals surface area contributed by atoms with Gasteiger partial charge in [0.15, 0.2) is 0 Å². The van der Waals surface area contributed by atoms with Crippen LogP contribution in [0.3, 0.4) is 0 Å². The molecular formula is C21H47NO5Si2. The molecule has 0 aliphatic heterocycles. The monoisotopic (exact) mass is 449 g/mol. The molecule has 0 N–H and O–H groups in total. The van der Waals surface area contributed by atoms with Crippen LogP contribution in [-0.2, 0) is 22.5 Å². The summed E-state index contributed by atoms with van der Waals surface area (Å²) in [6.07, 6.45) is 0.903. The maximum absolute atomic E-state index is 13.0. The lowest BCUT2D eigenvalue weighted by molar-refractivity contribution is -0.140. The van der Waals surface area contributed by atoms with E-state index in [9.17, 15) is 4.79 Å². The first-order chi connectivity index (χ1) is 13.5. The largest absolute Gasteiger partial charge is 0.518 e. The SMILES string of the molecule is CCN(CCC[Si](OC)(OC)OC)CC(C)C(=O)O[Si](C(C)C)(C(C)C)C(C)C. The highest BCUT2D eigenvalue weighted by Crippen LogP contribution is 2.42. The van der Waals surface area contributed by atoms with Gasteiger partial charge in [0.25, 0.3) is 14.3 Å². The van der Waals surface area contributed by atoms with E-state index in [2.05, 4.69) is 53.4 Å². The van der Waals surface area contributed by atoms with E-state index >= 15 is 0 Å². The minimum Gasteiger partial charge on any atom is -0.518 e. The highest BCUT2D eigenvalue weighted by Gasteiger charge is 2.48. The second kappa shape index (κ2) is 13.2. The molecule has 0 rings (SSSR count). The molecule has 0 aliphatic carbocycles. The van der Waals surface area contributed by atoms with Gasteiger partial charge in [-0.05, 0) is 36.1 Å². The average molecular weight is 450 g/mol. The summed E-state index contributed by atoms with van der Waals surface area (Å²) in [5, 5.41) is 0. The number of rotatable bonds is 15. The van der Waals surface area contributed by atoms with Crippen LogP contribution in [0.2, 0.25) is 22.7 Å². The zero-order valence-corrected chi connectivity index (χ0v) is 22.8. The fourth-order valence-corrected chi connectivity index (χ4v) is 11.5. The molecule has 0 aromatic rings. The van der Waals surface area contributed by atoms with Crippen molar-refractivity contribution < 1.29 is 22.5 Å². The van der Waals surface area contributed by atoms with Crippen molar-refractivity contribution in [3.05, 3.63) is 0 Å². The summed E-state index contributed by atoms with van der Waals surface area (Å²) in [6.45, 7) is 19.8. The number of hydrogen-bond acceptors (Lipinski definition) is 6. The smallest absolute Gasteiger partial charge is 0.500 e. The van der Waals surface area contributed by atoms with Crippen molar-refractivity contribution in [2.45, 2.75) is 84.5 Å². The molecule has 0 bridgehead atoms. The summed E-state index contributed by atoms with van der Waals surface area (Å²) in [6, 6.07) is 0.760. The van der Waals surface area contributed by atoms with E-state index in [0.29, 0.717) is 23.2 Å². The molecule has 0 saturated carbocycles. The van der Waals surface area contributed by atoms with E-state index in [1.165, 1.54) is 0 Å². The van der Waals surface area contributed by atoms with Crippen LogP contribution in [0.25, 0.3) is 0 Å². The Hall–Kier alpha value is -0.256. The van der Waals surface area contributed by atoms with Crippen molar-refractivity contribution in [1.82, 2.24) is 4.90 Å². The lowest BCUT2D eigenvalue weighted by Gasteiger charge is -2.42. The van der Waals surface area contributed by atoms with Crippen molar-refractivity contribution in [1.29, 1.82) is 0 Å². The minimum absolute atomic E-state index is 0.0411. The van der Waals surface area contributed by atoms with Crippen LogP contribution in [0, 0.1) is 5.92 Å². The van der Waals surface area contributed by atoms with Crippen molar-refractivity contribution >= 4 is 23.1 Å². The van der Waals surface area contributed by atoms with Crippen molar-refractivity contribution in [2.75, 3.05) is 41.0 Å². The highest BCUT2D eigenvalue weighted by atomic mass is 28.4. The summed E-state index contributed by atoms with van der Waals surface area (Å²) in [7, 11) is 0.193. The summed E-state index contributed by atoms with van der Waals surface area (Å²) < 4.78 is 22.9. The van der Waals surface area contributed by atoms with E-state index < -0.39 is 17.1 Å². The van der Waals surface area contributed by atoms with Crippen LogP contribution >= 0.6 is 0 Å². The Morgan fingerprint density at radius 1 is 0.862 bits per heavy atom. The van der Waals surface area contributed by atoms with Gasteiger partial charge in [-0.2, -0.15) is 0 Å². The molecule has 0 fully saturated rings. The Labute approximate surface area is 182 Å². The first-order valence-electron chi connectivity index (χ1n) is 11.1. The van der Waals surface area contributed by atoms with Gasteiger partial charge in [0.2, 0.25) is 0 Å². The second-order valence-corrected chi connectivity index (χ2v) is 17.4. The molecule has 29 heavy (non-hydrogen) atoms. The first-order valence-corrected chi connectivity index (χ1v) is 15.1. The van der Waals surface area contributed by atoms with Crippen LogP contribution < -0.4 is 0 Å². The maximum atomic E-state index is 13.0. The van der Waals surface area contributed by atoms with Crippen LogP contribution in [0.15, 0.2) is 0 Å². The molecule has 0 spiro atoms. The van der Waals surface area contributed by atoms with Crippen molar-refractivity contribution in [3.8, 4) is 0 Å². The Balaban J connectivity index is 4.96. The number of hydrogen-bond donors (Lipinski definition) is 0. The van der Waals surface area contributed by atoms with Gasteiger partial charge < -0.3 is 22.6 Å². The van der Waals surface area contributed by atoms with E-state index in [0.717, 1.165) is 25.6 Å². The predicted molar refractivity (Wildman–Crippen MR) is 125 cm³/mol. The van der Waals surface area contributed by atoms with E-state index in [-0.39, 0.29) is 11.9 Å². The van der Waals surface area contributed by atoms with Gasteiger partial charge in [0, 0.05) is 33.9 Å². The molecule has 174 valence electrons. The van der Waals surface area contributed by atoms with E-state index in [4.69, 9.17) is 17.7 Å². The van der Waals surface area contributed by atoms with Crippen LogP contribution in [0.5, 0.6) is 0 Å². The molecular weight excluding hydrogens is 402 g/mol. The Kier molecular flexibility index (Phi) is 13.1. The van der Waals surface area contributed by atoms with Crippen molar-refractivity contribution in [2.24, 2.45) is 5.92 Å². The zero-order valence-electron chi connectivity index (χ0n) is 20.8. The zero-order chi connectivity index (χ0) is 22.8. The molecule has 0 amide bonds. The quantitative estimate of drug-likeness (QED) is 0.330.